The molecule has 1 rings (SSSR count). The molecule has 0 aliphatic rings. The summed E-state index contributed by atoms with van der Waals surface area (Å²) in [5, 5.41) is 2.59. The van der Waals surface area contributed by atoms with Crippen LogP contribution >= 0.6 is 24.0 Å². The van der Waals surface area contributed by atoms with E-state index in [1.807, 2.05) is 6.92 Å². The maximum atomic E-state index is 12.3. The van der Waals surface area contributed by atoms with Gasteiger partial charge in [-0.1, -0.05) is 12.1 Å². The van der Waals surface area contributed by atoms with Crippen molar-refractivity contribution in [3.63, 3.8) is 0 Å². The number of hydrogen-bond donors (Lipinski definition) is 2. The minimum Gasteiger partial charge on any atom is -0.404 e. The van der Waals surface area contributed by atoms with Gasteiger partial charge in [0.25, 0.3) is 0 Å². The molecule has 1 aromatic rings. The maximum Gasteiger partial charge on any atom is 0.573 e. The number of halogens is 4. The van der Waals surface area contributed by atoms with E-state index >= 15 is 0 Å². The fourth-order valence-corrected chi connectivity index (χ4v) is 1.47. The smallest absolute Gasteiger partial charge is 0.404 e. The van der Waals surface area contributed by atoms with Crippen LogP contribution in [0.4, 0.5) is 18.9 Å². The quantitative estimate of drug-likeness (QED) is 0.300. The summed E-state index contributed by atoms with van der Waals surface area (Å²) in [6.45, 7) is 3.48. The fraction of sp³-hybridized carbons (Fsp3) is 0.462. The lowest BCUT2D eigenvalue weighted by molar-refractivity contribution is -0.274. The van der Waals surface area contributed by atoms with E-state index in [1.165, 1.54) is 18.2 Å². The summed E-state index contributed by atoms with van der Waals surface area (Å²) < 4.78 is 45.8. The highest BCUT2D eigenvalue weighted by Crippen LogP contribution is 2.29. The molecule has 5 nitrogen and oxygen atoms in total. The van der Waals surface area contributed by atoms with Gasteiger partial charge in [0.2, 0.25) is 0 Å². The predicted molar refractivity (Wildman–Crippen MR) is 89.8 cm³/mol. The normalized spacial score (nSPS) is 11.7. The highest BCUT2D eigenvalue weighted by Gasteiger charge is 2.32. The van der Waals surface area contributed by atoms with Crippen LogP contribution in [0.25, 0.3) is 0 Å². The first-order valence-electron chi connectivity index (χ1n) is 6.42. The molecular formula is C13H19F3IN3O2. The Morgan fingerprint density at radius 1 is 1.32 bits per heavy atom. The Bertz CT molecular complexity index is 470. The molecule has 0 aromatic heterocycles. The molecule has 1 aromatic carbocycles. The third-order valence-corrected chi connectivity index (χ3v) is 2.31. The largest absolute Gasteiger partial charge is 0.573 e. The number of aliphatic imine (C=N–C) groups is 1. The summed E-state index contributed by atoms with van der Waals surface area (Å²) in [5.41, 5.74) is 5.71. The van der Waals surface area contributed by atoms with E-state index in [1.54, 1.807) is 6.07 Å². The summed E-state index contributed by atoms with van der Waals surface area (Å²) in [6, 6.07) is 5.61. The minimum atomic E-state index is -4.76. The van der Waals surface area contributed by atoms with Gasteiger partial charge in [-0.25, -0.2) is 0 Å². The standard InChI is InChI=1S/C13H18F3N3O2.HI/c1-2-20-9-5-8-18-12(17)19-10-6-3-4-7-11(10)21-13(14,15)16;/h3-4,6-7H,2,5,8-9H2,1H3,(H3,17,18,19);1H. The molecule has 9 heteroatoms. The summed E-state index contributed by atoms with van der Waals surface area (Å²) in [4.78, 5) is 4.00. The molecule has 0 atom stereocenters. The van der Waals surface area contributed by atoms with Crippen LogP contribution in [0, 0.1) is 0 Å². The second-order valence-corrected chi connectivity index (χ2v) is 3.99. The van der Waals surface area contributed by atoms with Crippen molar-refractivity contribution in [3.05, 3.63) is 24.3 Å². The van der Waals surface area contributed by atoms with Crippen molar-refractivity contribution in [2.45, 2.75) is 19.7 Å². The SMILES string of the molecule is CCOCCCN=C(N)Nc1ccccc1OC(F)(F)F.I. The van der Waals surface area contributed by atoms with Gasteiger partial charge in [-0.05, 0) is 25.5 Å². The molecule has 22 heavy (non-hydrogen) atoms. The first-order chi connectivity index (χ1) is 9.92. The lowest BCUT2D eigenvalue weighted by Crippen LogP contribution is -2.24. The van der Waals surface area contributed by atoms with Crippen LogP contribution in [0.5, 0.6) is 5.75 Å². The van der Waals surface area contributed by atoms with E-state index < -0.39 is 6.36 Å². The summed E-state index contributed by atoms with van der Waals surface area (Å²) >= 11 is 0. The third kappa shape index (κ3) is 8.93. The highest BCUT2D eigenvalue weighted by molar-refractivity contribution is 14.0. The third-order valence-electron chi connectivity index (χ3n) is 2.31. The number of nitrogens with zero attached hydrogens (tertiary/aromatic N) is 1. The lowest BCUT2D eigenvalue weighted by Gasteiger charge is -2.14. The van der Waals surface area contributed by atoms with Gasteiger partial charge in [-0.3, -0.25) is 4.99 Å². The Balaban J connectivity index is 0.00000441. The van der Waals surface area contributed by atoms with Crippen molar-refractivity contribution in [3.8, 4) is 5.75 Å². The monoisotopic (exact) mass is 433 g/mol. The zero-order chi connectivity index (χ0) is 15.7. The van der Waals surface area contributed by atoms with Crippen LogP contribution in [-0.2, 0) is 4.74 Å². The molecule has 0 aliphatic heterocycles. The first kappa shape index (κ1) is 20.8. The number of anilines is 1. The van der Waals surface area contributed by atoms with Gasteiger partial charge in [0, 0.05) is 19.8 Å². The van der Waals surface area contributed by atoms with Crippen molar-refractivity contribution in [2.75, 3.05) is 25.1 Å². The van der Waals surface area contributed by atoms with Crippen molar-refractivity contribution in [1.29, 1.82) is 0 Å². The molecule has 0 spiro atoms. The number of guanidine groups is 1. The van der Waals surface area contributed by atoms with Gasteiger partial charge < -0.3 is 20.5 Å². The van der Waals surface area contributed by atoms with Crippen molar-refractivity contribution in [2.24, 2.45) is 10.7 Å². The van der Waals surface area contributed by atoms with E-state index in [2.05, 4.69) is 15.0 Å². The lowest BCUT2D eigenvalue weighted by atomic mass is 10.3. The Hall–Kier alpha value is -1.23. The number of hydrogen-bond acceptors (Lipinski definition) is 3. The number of rotatable bonds is 7. The summed E-state index contributed by atoms with van der Waals surface area (Å²) in [5.74, 6) is -0.345. The molecule has 3 N–H and O–H groups in total. The molecule has 0 bridgehead atoms. The van der Waals surface area contributed by atoms with Gasteiger partial charge >= 0.3 is 6.36 Å². The molecule has 0 fully saturated rings. The van der Waals surface area contributed by atoms with Gasteiger partial charge in [0.1, 0.15) is 0 Å². The van der Waals surface area contributed by atoms with Gasteiger partial charge in [0.15, 0.2) is 11.7 Å². The van der Waals surface area contributed by atoms with E-state index in [0.29, 0.717) is 26.2 Å². The predicted octanol–water partition coefficient (Wildman–Crippen LogP) is 3.36. The zero-order valence-electron chi connectivity index (χ0n) is 12.0. The molecule has 0 radical (unpaired) electrons. The van der Waals surface area contributed by atoms with E-state index in [0.717, 1.165) is 0 Å². The number of nitrogens with two attached hydrogens (primary N) is 1. The molecule has 0 unspecified atom stereocenters. The van der Waals surface area contributed by atoms with Crippen LogP contribution in [0.2, 0.25) is 0 Å². The number of para-hydroxylation sites is 2. The molecule has 0 aliphatic carbocycles. The maximum absolute atomic E-state index is 12.3. The average Bonchev–Trinajstić information content (AvgIpc) is 2.39. The number of alkyl halides is 3. The van der Waals surface area contributed by atoms with E-state index in [4.69, 9.17) is 10.5 Å². The molecule has 0 saturated carbocycles. The minimum absolute atomic E-state index is 0. The number of ether oxygens (including phenoxy) is 2. The summed E-state index contributed by atoms with van der Waals surface area (Å²) in [7, 11) is 0. The molecule has 0 saturated heterocycles. The average molecular weight is 433 g/mol. The van der Waals surface area contributed by atoms with E-state index in [-0.39, 0.29) is 41.4 Å². The Morgan fingerprint density at radius 3 is 2.64 bits per heavy atom. The summed E-state index contributed by atoms with van der Waals surface area (Å²) in [6.07, 6.45) is -4.09. The number of benzene rings is 1. The number of nitrogens with one attached hydrogen (secondary N) is 1. The van der Waals surface area contributed by atoms with E-state index in [9.17, 15) is 13.2 Å². The second-order valence-electron chi connectivity index (χ2n) is 3.99. The molecular weight excluding hydrogens is 414 g/mol. The van der Waals surface area contributed by atoms with Gasteiger partial charge in [0.05, 0.1) is 5.69 Å². The van der Waals surface area contributed by atoms with Gasteiger partial charge in [-0.15, -0.1) is 37.1 Å². The molecule has 0 amide bonds. The van der Waals surface area contributed by atoms with Crippen LogP contribution in [0.1, 0.15) is 13.3 Å². The van der Waals surface area contributed by atoms with Crippen LogP contribution in [-0.4, -0.2) is 32.1 Å². The zero-order valence-corrected chi connectivity index (χ0v) is 14.4. The first-order valence-corrected chi connectivity index (χ1v) is 6.42. The Kier molecular flexibility index (Phi) is 9.90. The second kappa shape index (κ2) is 10.5. The van der Waals surface area contributed by atoms with Crippen molar-refractivity contribution < 1.29 is 22.6 Å². The van der Waals surface area contributed by atoms with Gasteiger partial charge in [-0.2, -0.15) is 0 Å². The highest BCUT2D eigenvalue weighted by atomic mass is 127. The fourth-order valence-electron chi connectivity index (χ4n) is 1.47. The molecule has 0 heterocycles. The van der Waals surface area contributed by atoms with Crippen LogP contribution in [0.3, 0.4) is 0 Å². The molecule has 126 valence electrons. The van der Waals surface area contributed by atoms with Crippen LogP contribution in [0.15, 0.2) is 29.3 Å². The Morgan fingerprint density at radius 2 is 2.00 bits per heavy atom. The van der Waals surface area contributed by atoms with Crippen LogP contribution < -0.4 is 15.8 Å². The topological polar surface area (TPSA) is 68.9 Å². The van der Waals surface area contributed by atoms with Crippen molar-refractivity contribution >= 4 is 35.6 Å². The Labute approximate surface area is 144 Å². The van der Waals surface area contributed by atoms with Crippen molar-refractivity contribution in [1.82, 2.24) is 0 Å².